The van der Waals surface area contributed by atoms with Crippen molar-refractivity contribution in [2.45, 2.75) is 19.9 Å². The third-order valence-corrected chi connectivity index (χ3v) is 2.25. The van der Waals surface area contributed by atoms with E-state index in [1.54, 1.807) is 12.1 Å². The first-order valence-electron chi connectivity index (χ1n) is 5.53. The fourth-order valence-electron chi connectivity index (χ4n) is 1.49. The van der Waals surface area contributed by atoms with Crippen LogP contribution in [0.25, 0.3) is 0 Å². The van der Waals surface area contributed by atoms with Crippen molar-refractivity contribution in [2.24, 2.45) is 0 Å². The average molecular weight is 231 g/mol. The van der Waals surface area contributed by atoms with E-state index in [4.69, 9.17) is 5.26 Å². The molecule has 0 atom stereocenters. The van der Waals surface area contributed by atoms with E-state index in [9.17, 15) is 4.79 Å². The molecule has 0 spiro atoms. The van der Waals surface area contributed by atoms with E-state index < -0.39 is 0 Å². The van der Waals surface area contributed by atoms with Crippen molar-refractivity contribution >= 4 is 11.6 Å². The van der Waals surface area contributed by atoms with Gasteiger partial charge in [0.25, 0.3) is 0 Å². The molecule has 4 heteroatoms. The number of hydrogen-bond acceptors (Lipinski definition) is 3. The molecule has 0 fully saturated rings. The van der Waals surface area contributed by atoms with Crippen molar-refractivity contribution in [3.8, 4) is 6.07 Å². The summed E-state index contributed by atoms with van der Waals surface area (Å²) in [5.41, 5.74) is 1.46. The van der Waals surface area contributed by atoms with E-state index in [0.717, 1.165) is 5.69 Å². The largest absolute Gasteiger partial charge is 0.365 e. The number of nitriles is 1. The van der Waals surface area contributed by atoms with E-state index in [-0.39, 0.29) is 18.5 Å². The molecule has 0 aliphatic heterocycles. The molecule has 1 rings (SSSR count). The molecule has 1 amide bonds. The van der Waals surface area contributed by atoms with E-state index in [2.05, 4.69) is 11.4 Å². The minimum Gasteiger partial charge on any atom is -0.365 e. The Morgan fingerprint density at radius 3 is 2.82 bits per heavy atom. The molecule has 0 saturated carbocycles. The average Bonchev–Trinajstić information content (AvgIpc) is 2.27. The second kappa shape index (κ2) is 5.90. The van der Waals surface area contributed by atoms with Crippen molar-refractivity contribution < 1.29 is 4.79 Å². The van der Waals surface area contributed by atoms with Gasteiger partial charge in [-0.1, -0.05) is 6.07 Å². The van der Waals surface area contributed by atoms with Crippen LogP contribution < -0.4 is 10.2 Å². The topological polar surface area (TPSA) is 56.1 Å². The van der Waals surface area contributed by atoms with Gasteiger partial charge in [0.05, 0.1) is 18.2 Å². The van der Waals surface area contributed by atoms with Gasteiger partial charge in [-0.15, -0.1) is 0 Å². The first-order chi connectivity index (χ1) is 8.02. The van der Waals surface area contributed by atoms with E-state index in [0.29, 0.717) is 5.56 Å². The van der Waals surface area contributed by atoms with Crippen LogP contribution in [0, 0.1) is 11.3 Å². The lowest BCUT2D eigenvalue weighted by molar-refractivity contribution is -0.120. The number of nitrogens with one attached hydrogen (secondary N) is 1. The van der Waals surface area contributed by atoms with Crippen LogP contribution in [0.1, 0.15) is 19.4 Å². The Morgan fingerprint density at radius 2 is 2.24 bits per heavy atom. The Labute approximate surface area is 102 Å². The maximum atomic E-state index is 11.6. The van der Waals surface area contributed by atoms with E-state index in [1.807, 2.05) is 37.9 Å². The van der Waals surface area contributed by atoms with E-state index >= 15 is 0 Å². The number of carbonyl (C=O) groups excluding carboxylic acids is 1. The molecule has 0 heterocycles. The number of hydrogen-bond donors (Lipinski definition) is 1. The van der Waals surface area contributed by atoms with Crippen LogP contribution in [-0.4, -0.2) is 25.5 Å². The first-order valence-corrected chi connectivity index (χ1v) is 5.53. The van der Waals surface area contributed by atoms with Gasteiger partial charge in [0.15, 0.2) is 0 Å². The molecule has 17 heavy (non-hydrogen) atoms. The Balaban J connectivity index is 2.66. The van der Waals surface area contributed by atoms with Gasteiger partial charge >= 0.3 is 0 Å². The fourth-order valence-corrected chi connectivity index (χ4v) is 1.49. The zero-order chi connectivity index (χ0) is 12.8. The molecule has 0 aliphatic carbocycles. The second-order valence-electron chi connectivity index (χ2n) is 4.24. The summed E-state index contributed by atoms with van der Waals surface area (Å²) in [6.07, 6.45) is 0. The summed E-state index contributed by atoms with van der Waals surface area (Å²) in [5, 5.41) is 11.6. The van der Waals surface area contributed by atoms with Crippen LogP contribution in [-0.2, 0) is 4.79 Å². The van der Waals surface area contributed by atoms with Crippen molar-refractivity contribution in [1.82, 2.24) is 5.32 Å². The molecule has 0 aliphatic rings. The third kappa shape index (κ3) is 4.15. The smallest absolute Gasteiger partial charge is 0.239 e. The van der Waals surface area contributed by atoms with Crippen LogP contribution >= 0.6 is 0 Å². The number of likely N-dealkylation sites (N-methyl/N-ethyl adjacent to an activating group) is 1. The van der Waals surface area contributed by atoms with Gasteiger partial charge in [-0.05, 0) is 32.0 Å². The van der Waals surface area contributed by atoms with Crippen LogP contribution in [0.2, 0.25) is 0 Å². The first kappa shape index (κ1) is 13.0. The standard InChI is InChI=1S/C13H17N3O/c1-10(2)15-13(17)9-16(3)12-6-4-5-11(7-12)8-14/h4-7,10H,9H2,1-3H3,(H,15,17). The highest BCUT2D eigenvalue weighted by molar-refractivity contribution is 5.81. The quantitative estimate of drug-likeness (QED) is 0.854. The van der Waals surface area contributed by atoms with Crippen LogP contribution in [0.4, 0.5) is 5.69 Å². The second-order valence-corrected chi connectivity index (χ2v) is 4.24. The minimum absolute atomic E-state index is 0.0233. The van der Waals surface area contributed by atoms with Gasteiger partial charge in [-0.2, -0.15) is 5.26 Å². The van der Waals surface area contributed by atoms with Crippen molar-refractivity contribution in [2.75, 3.05) is 18.5 Å². The maximum absolute atomic E-state index is 11.6. The molecule has 4 nitrogen and oxygen atoms in total. The molecular formula is C13H17N3O. The highest BCUT2D eigenvalue weighted by atomic mass is 16.2. The lowest BCUT2D eigenvalue weighted by Crippen LogP contribution is -2.38. The molecule has 0 unspecified atom stereocenters. The van der Waals surface area contributed by atoms with Crippen molar-refractivity contribution in [1.29, 1.82) is 5.26 Å². The SMILES string of the molecule is CC(C)NC(=O)CN(C)c1cccc(C#N)c1. The summed E-state index contributed by atoms with van der Waals surface area (Å²) in [4.78, 5) is 13.4. The number of nitrogens with zero attached hydrogens (tertiary/aromatic N) is 2. The van der Waals surface area contributed by atoms with Gasteiger partial charge in [0.1, 0.15) is 0 Å². The summed E-state index contributed by atoms with van der Waals surface area (Å²) in [6, 6.07) is 9.42. The zero-order valence-electron chi connectivity index (χ0n) is 10.4. The fraction of sp³-hybridized carbons (Fsp3) is 0.385. The molecule has 1 aromatic carbocycles. The van der Waals surface area contributed by atoms with Gasteiger partial charge in [0, 0.05) is 18.8 Å². The minimum atomic E-state index is -0.0233. The summed E-state index contributed by atoms with van der Waals surface area (Å²) in [7, 11) is 1.83. The molecule has 0 bridgehead atoms. The Hall–Kier alpha value is -2.02. The molecule has 0 aromatic heterocycles. The highest BCUT2D eigenvalue weighted by Gasteiger charge is 2.08. The van der Waals surface area contributed by atoms with Crippen LogP contribution in [0.15, 0.2) is 24.3 Å². The Morgan fingerprint density at radius 1 is 1.53 bits per heavy atom. The predicted molar refractivity (Wildman–Crippen MR) is 67.7 cm³/mol. The van der Waals surface area contributed by atoms with Gasteiger partial charge in [-0.3, -0.25) is 4.79 Å². The molecule has 1 N–H and O–H groups in total. The molecule has 0 saturated heterocycles. The summed E-state index contributed by atoms with van der Waals surface area (Å²) in [6.45, 7) is 4.13. The van der Waals surface area contributed by atoms with Crippen molar-refractivity contribution in [3.05, 3.63) is 29.8 Å². The van der Waals surface area contributed by atoms with Gasteiger partial charge < -0.3 is 10.2 Å². The number of rotatable bonds is 4. The number of carbonyl (C=O) groups is 1. The maximum Gasteiger partial charge on any atom is 0.239 e. The van der Waals surface area contributed by atoms with Gasteiger partial charge in [0.2, 0.25) is 5.91 Å². The lowest BCUT2D eigenvalue weighted by atomic mass is 10.2. The van der Waals surface area contributed by atoms with E-state index in [1.165, 1.54) is 0 Å². The summed E-state index contributed by atoms with van der Waals surface area (Å²) < 4.78 is 0. The molecule has 90 valence electrons. The molecule has 0 radical (unpaired) electrons. The Kier molecular flexibility index (Phi) is 4.53. The van der Waals surface area contributed by atoms with Crippen molar-refractivity contribution in [3.63, 3.8) is 0 Å². The summed E-state index contributed by atoms with van der Waals surface area (Å²) in [5.74, 6) is -0.0233. The molecular weight excluding hydrogens is 214 g/mol. The van der Waals surface area contributed by atoms with Crippen LogP contribution in [0.3, 0.4) is 0 Å². The predicted octanol–water partition coefficient (Wildman–Crippen LogP) is 1.52. The lowest BCUT2D eigenvalue weighted by Gasteiger charge is -2.19. The van der Waals surface area contributed by atoms with Crippen LogP contribution in [0.5, 0.6) is 0 Å². The monoisotopic (exact) mass is 231 g/mol. The molecule has 1 aromatic rings. The third-order valence-electron chi connectivity index (χ3n) is 2.25. The zero-order valence-corrected chi connectivity index (χ0v) is 10.4. The number of amides is 1. The van der Waals surface area contributed by atoms with Gasteiger partial charge in [-0.25, -0.2) is 0 Å². The normalized spacial score (nSPS) is 9.82. The number of benzene rings is 1. The summed E-state index contributed by atoms with van der Waals surface area (Å²) >= 11 is 0. The number of anilines is 1. The Bertz CT molecular complexity index is 435. The highest BCUT2D eigenvalue weighted by Crippen LogP contribution is 2.13.